The van der Waals surface area contributed by atoms with Gasteiger partial charge in [0, 0.05) is 16.7 Å². The van der Waals surface area contributed by atoms with Crippen LogP contribution in [0.5, 0.6) is 0 Å². The number of nitrogens with zero attached hydrogens (tertiary/aromatic N) is 4. The summed E-state index contributed by atoms with van der Waals surface area (Å²) in [5, 5.41) is 23.9. The van der Waals surface area contributed by atoms with Crippen LogP contribution in [0.15, 0.2) is 51.2 Å². The minimum absolute atomic E-state index is 0.128. The zero-order valence-corrected chi connectivity index (χ0v) is 15.6. The molecular weight excluding hydrogens is 382 g/mol. The Bertz CT molecular complexity index is 1000. The minimum atomic E-state index is -1.32. The molecule has 0 radical (unpaired) electrons. The standard InChI is InChI=1S/C18H21N5O6/c1-10-7-23(18(27)20-16(10)26)17-13(25)15(14(29-17)12(8-24)21-22-19)28-9-11-5-3-2-4-6-11/h2-7,12-15,17,24-25H,8-9H2,1H3,(H,20,26,27)/t12-,13+,14-,15+,17-/m1/s1. The predicted octanol–water partition coefficient (Wildman–Crippen LogP) is 0.360. The van der Waals surface area contributed by atoms with Crippen molar-refractivity contribution in [2.24, 2.45) is 5.11 Å². The van der Waals surface area contributed by atoms with E-state index >= 15 is 0 Å². The highest BCUT2D eigenvalue weighted by molar-refractivity contribution is 5.13. The first-order chi connectivity index (χ1) is 14.0. The molecule has 29 heavy (non-hydrogen) atoms. The number of nitrogens with one attached hydrogen (secondary N) is 1. The molecule has 0 spiro atoms. The van der Waals surface area contributed by atoms with Crippen molar-refractivity contribution >= 4 is 0 Å². The molecule has 1 aromatic carbocycles. The van der Waals surface area contributed by atoms with Crippen LogP contribution in [0.4, 0.5) is 0 Å². The average Bonchev–Trinajstić information content (AvgIpc) is 3.04. The summed E-state index contributed by atoms with van der Waals surface area (Å²) in [5.41, 5.74) is 8.55. The van der Waals surface area contributed by atoms with Gasteiger partial charge in [-0.05, 0) is 18.0 Å². The lowest BCUT2D eigenvalue weighted by Gasteiger charge is -2.24. The van der Waals surface area contributed by atoms with Crippen molar-refractivity contribution in [3.05, 3.63) is 78.9 Å². The van der Waals surface area contributed by atoms with Crippen LogP contribution in [-0.4, -0.2) is 50.7 Å². The van der Waals surface area contributed by atoms with E-state index in [1.54, 1.807) is 0 Å². The number of rotatable bonds is 7. The summed E-state index contributed by atoms with van der Waals surface area (Å²) in [6.45, 7) is 1.09. The molecule has 0 saturated carbocycles. The van der Waals surface area contributed by atoms with Crippen LogP contribution in [0.1, 0.15) is 17.4 Å². The molecule has 5 atom stereocenters. The number of ether oxygens (including phenoxy) is 2. The Labute approximate surface area is 164 Å². The van der Waals surface area contributed by atoms with Gasteiger partial charge in [-0.1, -0.05) is 35.4 Å². The van der Waals surface area contributed by atoms with Crippen LogP contribution in [0, 0.1) is 6.92 Å². The van der Waals surface area contributed by atoms with Crippen molar-refractivity contribution < 1.29 is 19.7 Å². The molecule has 2 aromatic rings. The first kappa shape index (κ1) is 20.8. The van der Waals surface area contributed by atoms with E-state index in [2.05, 4.69) is 15.0 Å². The smallest absolute Gasteiger partial charge is 0.330 e. The van der Waals surface area contributed by atoms with Crippen LogP contribution in [0.25, 0.3) is 10.4 Å². The molecule has 154 valence electrons. The summed E-state index contributed by atoms with van der Waals surface area (Å²) in [6, 6.07) is 8.15. The largest absolute Gasteiger partial charge is 0.396 e. The van der Waals surface area contributed by atoms with E-state index in [-0.39, 0.29) is 12.2 Å². The Balaban J connectivity index is 1.92. The Kier molecular flexibility index (Phi) is 6.47. The molecule has 0 amide bonds. The Morgan fingerprint density at radius 2 is 2.10 bits per heavy atom. The number of aliphatic hydroxyl groups is 2. The van der Waals surface area contributed by atoms with Gasteiger partial charge < -0.3 is 19.7 Å². The zero-order valence-electron chi connectivity index (χ0n) is 15.6. The van der Waals surface area contributed by atoms with E-state index in [9.17, 15) is 19.8 Å². The third-order valence-electron chi connectivity index (χ3n) is 4.72. The number of H-pyrrole nitrogens is 1. The molecule has 1 aliphatic heterocycles. The second-order valence-electron chi connectivity index (χ2n) is 6.68. The zero-order chi connectivity index (χ0) is 21.0. The summed E-state index contributed by atoms with van der Waals surface area (Å²) in [7, 11) is 0. The summed E-state index contributed by atoms with van der Waals surface area (Å²) in [6.07, 6.45) is -3.27. The van der Waals surface area contributed by atoms with Gasteiger partial charge in [0.25, 0.3) is 5.56 Å². The number of aryl methyl sites for hydroxylation is 1. The molecular formula is C18H21N5O6. The van der Waals surface area contributed by atoms with Crippen molar-refractivity contribution in [2.45, 2.75) is 44.1 Å². The van der Waals surface area contributed by atoms with Crippen molar-refractivity contribution in [3.8, 4) is 0 Å². The topological polar surface area (TPSA) is 163 Å². The molecule has 1 aliphatic rings. The van der Waals surface area contributed by atoms with Crippen molar-refractivity contribution in [2.75, 3.05) is 6.61 Å². The van der Waals surface area contributed by atoms with Crippen LogP contribution < -0.4 is 11.2 Å². The predicted molar refractivity (Wildman–Crippen MR) is 101 cm³/mol. The third-order valence-corrected chi connectivity index (χ3v) is 4.72. The lowest BCUT2D eigenvalue weighted by Crippen LogP contribution is -2.42. The van der Waals surface area contributed by atoms with E-state index in [4.69, 9.17) is 15.0 Å². The minimum Gasteiger partial charge on any atom is -0.396 e. The SMILES string of the molecule is Cc1cn([C@@H]2O[C@H]([C@@H](CO)N=[N+]=[N-])[C@@H](OCc3ccccc3)[C@@H]2O)c(=O)[nH]c1=O. The van der Waals surface area contributed by atoms with Gasteiger partial charge in [-0.3, -0.25) is 14.3 Å². The van der Waals surface area contributed by atoms with Crippen LogP contribution in [0.2, 0.25) is 0 Å². The Morgan fingerprint density at radius 3 is 2.76 bits per heavy atom. The van der Waals surface area contributed by atoms with Gasteiger partial charge in [-0.15, -0.1) is 0 Å². The van der Waals surface area contributed by atoms with Crippen molar-refractivity contribution in [1.82, 2.24) is 9.55 Å². The molecule has 3 N–H and O–H groups in total. The van der Waals surface area contributed by atoms with Crippen molar-refractivity contribution in [3.63, 3.8) is 0 Å². The van der Waals surface area contributed by atoms with Gasteiger partial charge in [0.1, 0.15) is 12.2 Å². The summed E-state index contributed by atoms with van der Waals surface area (Å²) >= 11 is 0. The van der Waals surface area contributed by atoms with Gasteiger partial charge in [-0.2, -0.15) is 0 Å². The van der Waals surface area contributed by atoms with Crippen LogP contribution in [0.3, 0.4) is 0 Å². The molecule has 1 saturated heterocycles. The number of hydrogen-bond donors (Lipinski definition) is 3. The lowest BCUT2D eigenvalue weighted by atomic mass is 10.0. The van der Waals surface area contributed by atoms with E-state index in [0.717, 1.165) is 10.1 Å². The highest BCUT2D eigenvalue weighted by atomic mass is 16.6. The van der Waals surface area contributed by atoms with Crippen molar-refractivity contribution in [1.29, 1.82) is 0 Å². The monoisotopic (exact) mass is 403 g/mol. The highest BCUT2D eigenvalue weighted by Gasteiger charge is 2.48. The van der Waals surface area contributed by atoms with Crippen LogP contribution >= 0.6 is 0 Å². The molecule has 0 aliphatic carbocycles. The second kappa shape index (κ2) is 9.03. The van der Waals surface area contributed by atoms with Gasteiger partial charge >= 0.3 is 5.69 Å². The number of hydrogen-bond acceptors (Lipinski definition) is 7. The molecule has 3 rings (SSSR count). The molecule has 11 nitrogen and oxygen atoms in total. The Morgan fingerprint density at radius 1 is 1.38 bits per heavy atom. The highest BCUT2D eigenvalue weighted by Crippen LogP contribution is 2.33. The van der Waals surface area contributed by atoms with E-state index in [1.807, 2.05) is 30.3 Å². The summed E-state index contributed by atoms with van der Waals surface area (Å²) < 4.78 is 12.7. The van der Waals surface area contributed by atoms with Crippen LogP contribution in [-0.2, 0) is 16.1 Å². The third kappa shape index (κ3) is 4.39. The fraction of sp³-hybridized carbons (Fsp3) is 0.444. The molecule has 2 heterocycles. The number of azide groups is 1. The van der Waals surface area contributed by atoms with Gasteiger partial charge in [0.2, 0.25) is 0 Å². The normalized spacial score (nSPS) is 24.8. The van der Waals surface area contributed by atoms with Gasteiger partial charge in [-0.25, -0.2) is 4.79 Å². The second-order valence-corrected chi connectivity index (χ2v) is 6.68. The van der Waals surface area contributed by atoms with Gasteiger partial charge in [0.15, 0.2) is 6.23 Å². The fourth-order valence-corrected chi connectivity index (χ4v) is 3.22. The van der Waals surface area contributed by atoms with E-state index in [0.29, 0.717) is 0 Å². The summed E-state index contributed by atoms with van der Waals surface area (Å²) in [4.78, 5) is 28.7. The summed E-state index contributed by atoms with van der Waals surface area (Å²) in [5.74, 6) is 0. The maximum atomic E-state index is 12.2. The van der Waals surface area contributed by atoms with E-state index in [1.165, 1.54) is 13.1 Å². The maximum absolute atomic E-state index is 12.2. The molecule has 1 fully saturated rings. The molecule has 0 unspecified atom stereocenters. The number of aromatic amines is 1. The van der Waals surface area contributed by atoms with E-state index < -0.39 is 48.4 Å². The first-order valence-electron chi connectivity index (χ1n) is 8.92. The molecule has 11 heteroatoms. The average molecular weight is 403 g/mol. The lowest BCUT2D eigenvalue weighted by molar-refractivity contribution is -0.0617. The van der Waals surface area contributed by atoms with Gasteiger partial charge in [0.05, 0.1) is 25.4 Å². The molecule has 1 aromatic heterocycles. The fourth-order valence-electron chi connectivity index (χ4n) is 3.22. The maximum Gasteiger partial charge on any atom is 0.330 e. The molecule has 0 bridgehead atoms. The first-order valence-corrected chi connectivity index (χ1v) is 8.92. The quantitative estimate of drug-likeness (QED) is 0.343. The number of benzene rings is 1. The number of aromatic nitrogens is 2. The Hall–Kier alpha value is -2.95. The number of aliphatic hydroxyl groups excluding tert-OH is 2.